The van der Waals surface area contributed by atoms with Gasteiger partial charge in [-0.25, -0.2) is 4.39 Å². The van der Waals surface area contributed by atoms with Crippen LogP contribution in [-0.2, 0) is 21.9 Å². The van der Waals surface area contributed by atoms with Gasteiger partial charge in [-0.3, -0.25) is 9.59 Å². The van der Waals surface area contributed by atoms with Gasteiger partial charge in [0, 0.05) is 23.4 Å². The smallest absolute Gasteiger partial charge is 0.243 e. The second-order valence-electron chi connectivity index (χ2n) is 7.35. The molecule has 1 N–H and O–H groups in total. The van der Waals surface area contributed by atoms with Crippen LogP contribution in [0, 0.1) is 5.82 Å². The average molecular weight is 451 g/mol. The Morgan fingerprint density at radius 3 is 2.23 bits per heavy atom. The Labute approximate surface area is 187 Å². The number of rotatable bonds is 10. The van der Waals surface area contributed by atoms with E-state index in [1.54, 1.807) is 29.2 Å². The Balaban J connectivity index is 2.11. The molecule has 0 aliphatic heterocycles. The molecule has 4 nitrogen and oxygen atoms in total. The number of nitrogens with one attached hydrogen (secondary N) is 1. The molecule has 2 amide bonds. The SMILES string of the molecule is CC[C@@H](C(=O)NC(C)C)N(Cc1ccc(Cl)cc1)C(=O)CSCc1ccc(F)cc1. The van der Waals surface area contributed by atoms with Crippen LogP contribution in [0.25, 0.3) is 0 Å². The van der Waals surface area contributed by atoms with E-state index in [1.807, 2.05) is 32.9 Å². The van der Waals surface area contributed by atoms with Crippen LogP contribution >= 0.6 is 23.4 Å². The van der Waals surface area contributed by atoms with Gasteiger partial charge < -0.3 is 10.2 Å². The molecular weight excluding hydrogens is 423 g/mol. The Bertz CT molecular complexity index is 828. The van der Waals surface area contributed by atoms with Crippen LogP contribution in [0.1, 0.15) is 38.3 Å². The molecule has 0 fully saturated rings. The van der Waals surface area contributed by atoms with Crippen molar-refractivity contribution in [2.24, 2.45) is 0 Å². The molecule has 0 aromatic heterocycles. The maximum Gasteiger partial charge on any atom is 0.243 e. The first kappa shape index (κ1) is 24.2. The summed E-state index contributed by atoms with van der Waals surface area (Å²) in [7, 11) is 0. The predicted molar refractivity (Wildman–Crippen MR) is 122 cm³/mol. The normalized spacial score (nSPS) is 11.9. The minimum atomic E-state index is -0.554. The quantitative estimate of drug-likeness (QED) is 0.551. The molecule has 0 bridgehead atoms. The summed E-state index contributed by atoms with van der Waals surface area (Å²) in [5, 5.41) is 3.54. The number of halogens is 2. The van der Waals surface area contributed by atoms with Crippen molar-refractivity contribution in [1.29, 1.82) is 0 Å². The molecule has 1 atom stereocenters. The number of hydrogen-bond acceptors (Lipinski definition) is 3. The van der Waals surface area contributed by atoms with Crippen molar-refractivity contribution >= 4 is 35.2 Å². The Morgan fingerprint density at radius 1 is 1.07 bits per heavy atom. The zero-order valence-corrected chi connectivity index (χ0v) is 19.1. The second kappa shape index (κ2) is 12.0. The van der Waals surface area contributed by atoms with Crippen molar-refractivity contribution in [2.75, 3.05) is 5.75 Å². The molecule has 30 heavy (non-hydrogen) atoms. The van der Waals surface area contributed by atoms with Gasteiger partial charge in [-0.15, -0.1) is 11.8 Å². The molecule has 0 aliphatic rings. The number of nitrogens with zero attached hydrogens (tertiary/aromatic N) is 1. The first-order valence-electron chi connectivity index (χ1n) is 9.96. The van der Waals surface area contributed by atoms with Crippen molar-refractivity contribution in [3.8, 4) is 0 Å². The third-order valence-corrected chi connectivity index (χ3v) is 5.73. The minimum absolute atomic E-state index is 0.00751. The Kier molecular flexibility index (Phi) is 9.66. The predicted octanol–water partition coefficient (Wildman–Crippen LogP) is 5.04. The van der Waals surface area contributed by atoms with E-state index < -0.39 is 6.04 Å². The van der Waals surface area contributed by atoms with Gasteiger partial charge in [0.05, 0.1) is 5.75 Å². The monoisotopic (exact) mass is 450 g/mol. The standard InChI is InChI=1S/C23H28ClFN2O2S/c1-4-21(23(29)26-16(2)3)27(13-17-5-9-19(24)10-6-17)22(28)15-30-14-18-7-11-20(25)12-8-18/h5-12,16,21H,4,13-15H2,1-3H3,(H,26,29)/t21-/m0/s1. The fourth-order valence-electron chi connectivity index (χ4n) is 3.01. The summed E-state index contributed by atoms with van der Waals surface area (Å²) in [6.07, 6.45) is 0.514. The molecule has 2 rings (SSSR count). The lowest BCUT2D eigenvalue weighted by Gasteiger charge is -2.31. The van der Waals surface area contributed by atoms with Gasteiger partial charge in [0.1, 0.15) is 11.9 Å². The van der Waals surface area contributed by atoms with Crippen LogP contribution in [0.5, 0.6) is 0 Å². The lowest BCUT2D eigenvalue weighted by atomic mass is 10.1. The molecule has 2 aromatic rings. The van der Waals surface area contributed by atoms with E-state index in [2.05, 4.69) is 5.32 Å². The van der Waals surface area contributed by atoms with Gasteiger partial charge >= 0.3 is 0 Å². The molecule has 0 unspecified atom stereocenters. The van der Waals surface area contributed by atoms with Gasteiger partial charge in [0.15, 0.2) is 0 Å². The summed E-state index contributed by atoms with van der Waals surface area (Å²) in [6, 6.07) is 13.0. The number of benzene rings is 2. The van der Waals surface area contributed by atoms with E-state index in [-0.39, 0.29) is 29.4 Å². The van der Waals surface area contributed by atoms with Gasteiger partial charge in [-0.05, 0) is 55.7 Å². The molecule has 0 aliphatic carbocycles. The highest BCUT2D eigenvalue weighted by Gasteiger charge is 2.28. The van der Waals surface area contributed by atoms with E-state index in [0.717, 1.165) is 11.1 Å². The highest BCUT2D eigenvalue weighted by Crippen LogP contribution is 2.19. The van der Waals surface area contributed by atoms with E-state index in [9.17, 15) is 14.0 Å². The molecular formula is C23H28ClFN2O2S. The van der Waals surface area contributed by atoms with E-state index in [0.29, 0.717) is 23.7 Å². The molecule has 7 heteroatoms. The van der Waals surface area contributed by atoms with Crippen LogP contribution in [0.15, 0.2) is 48.5 Å². The Hall–Kier alpha value is -2.05. The van der Waals surface area contributed by atoms with E-state index in [1.165, 1.54) is 23.9 Å². The number of carbonyl (C=O) groups excluding carboxylic acids is 2. The van der Waals surface area contributed by atoms with Gasteiger partial charge in [0.25, 0.3) is 0 Å². The van der Waals surface area contributed by atoms with Crippen molar-refractivity contribution in [3.63, 3.8) is 0 Å². The zero-order chi connectivity index (χ0) is 22.1. The maximum atomic E-state index is 13.1. The van der Waals surface area contributed by atoms with Crippen LogP contribution in [-0.4, -0.2) is 34.6 Å². The van der Waals surface area contributed by atoms with Crippen molar-refractivity contribution in [3.05, 3.63) is 70.5 Å². The topological polar surface area (TPSA) is 49.4 Å². The molecule has 0 radical (unpaired) electrons. The third kappa shape index (κ3) is 7.65. The van der Waals surface area contributed by atoms with Crippen LogP contribution in [0.4, 0.5) is 4.39 Å². The van der Waals surface area contributed by atoms with E-state index >= 15 is 0 Å². The number of amides is 2. The summed E-state index contributed by atoms with van der Waals surface area (Å²) < 4.78 is 13.1. The summed E-state index contributed by atoms with van der Waals surface area (Å²) in [5.74, 6) is 0.281. The molecule has 0 saturated heterocycles. The average Bonchev–Trinajstić information content (AvgIpc) is 2.70. The second-order valence-corrected chi connectivity index (χ2v) is 8.78. The first-order chi connectivity index (χ1) is 14.3. The van der Waals surface area contributed by atoms with E-state index in [4.69, 9.17) is 11.6 Å². The minimum Gasteiger partial charge on any atom is -0.352 e. The van der Waals surface area contributed by atoms with Gasteiger partial charge in [-0.2, -0.15) is 0 Å². The summed E-state index contributed by atoms with van der Waals surface area (Å²) >= 11 is 7.42. The maximum absolute atomic E-state index is 13.1. The molecule has 162 valence electrons. The fourth-order valence-corrected chi connectivity index (χ4v) is 4.00. The lowest BCUT2D eigenvalue weighted by molar-refractivity contribution is -0.139. The van der Waals surface area contributed by atoms with Crippen molar-refractivity contribution in [1.82, 2.24) is 10.2 Å². The summed E-state index contributed by atoms with van der Waals surface area (Å²) in [5.41, 5.74) is 1.86. The van der Waals surface area contributed by atoms with Crippen molar-refractivity contribution in [2.45, 2.75) is 51.6 Å². The van der Waals surface area contributed by atoms with Crippen LogP contribution < -0.4 is 5.32 Å². The van der Waals surface area contributed by atoms with Crippen LogP contribution in [0.3, 0.4) is 0 Å². The number of carbonyl (C=O) groups is 2. The lowest BCUT2D eigenvalue weighted by Crippen LogP contribution is -2.50. The molecule has 0 saturated carbocycles. The highest BCUT2D eigenvalue weighted by atomic mass is 35.5. The first-order valence-corrected chi connectivity index (χ1v) is 11.5. The third-order valence-electron chi connectivity index (χ3n) is 4.49. The molecule has 0 spiro atoms. The number of thioether (sulfide) groups is 1. The summed E-state index contributed by atoms with van der Waals surface area (Å²) in [4.78, 5) is 27.5. The zero-order valence-electron chi connectivity index (χ0n) is 17.5. The molecule has 2 aromatic carbocycles. The highest BCUT2D eigenvalue weighted by molar-refractivity contribution is 7.99. The fraction of sp³-hybridized carbons (Fsp3) is 0.391. The van der Waals surface area contributed by atoms with Gasteiger partial charge in [0.2, 0.25) is 11.8 Å². The van der Waals surface area contributed by atoms with Crippen LogP contribution in [0.2, 0.25) is 5.02 Å². The van der Waals surface area contributed by atoms with Crippen molar-refractivity contribution < 1.29 is 14.0 Å². The van der Waals surface area contributed by atoms with Gasteiger partial charge in [-0.1, -0.05) is 42.8 Å². The Morgan fingerprint density at radius 2 is 1.67 bits per heavy atom. The largest absolute Gasteiger partial charge is 0.352 e. The molecule has 0 heterocycles. The summed E-state index contributed by atoms with van der Waals surface area (Å²) in [6.45, 7) is 6.03. The number of hydrogen-bond donors (Lipinski definition) is 1.